The molecule has 4 nitrogen and oxygen atoms in total. The third kappa shape index (κ3) is 4.60. The van der Waals surface area contributed by atoms with Gasteiger partial charge < -0.3 is 15.4 Å². The number of fused-ring (bicyclic) bond motifs is 1. The van der Waals surface area contributed by atoms with Gasteiger partial charge in [-0.3, -0.25) is 4.79 Å². The lowest BCUT2D eigenvalue weighted by Crippen LogP contribution is -2.44. The highest BCUT2D eigenvalue weighted by atomic mass is 35.5. The molecule has 2 atom stereocenters. The molecular formula is C22H33ClN2O2. The maximum absolute atomic E-state index is 12.8. The molecular weight excluding hydrogens is 360 g/mol. The first-order valence-corrected chi connectivity index (χ1v) is 10.4. The van der Waals surface area contributed by atoms with E-state index in [2.05, 4.69) is 29.7 Å². The fourth-order valence-corrected chi connectivity index (χ4v) is 5.20. The lowest BCUT2D eigenvalue weighted by molar-refractivity contribution is -0.123. The summed E-state index contributed by atoms with van der Waals surface area (Å²) in [5.41, 5.74) is 1.08. The van der Waals surface area contributed by atoms with Crippen LogP contribution in [0.3, 0.4) is 0 Å². The van der Waals surface area contributed by atoms with Crippen LogP contribution < -0.4 is 15.4 Å². The Balaban J connectivity index is 0.00000210. The van der Waals surface area contributed by atoms with E-state index in [1.54, 1.807) is 0 Å². The van der Waals surface area contributed by atoms with Gasteiger partial charge in [0.25, 0.3) is 0 Å². The molecule has 1 saturated heterocycles. The zero-order valence-electron chi connectivity index (χ0n) is 16.3. The minimum Gasteiger partial charge on any atom is -0.487 e. The van der Waals surface area contributed by atoms with Crippen LogP contribution in [-0.4, -0.2) is 24.6 Å². The van der Waals surface area contributed by atoms with Crippen LogP contribution in [0.1, 0.15) is 69.9 Å². The van der Waals surface area contributed by atoms with E-state index in [0.29, 0.717) is 18.3 Å². The van der Waals surface area contributed by atoms with E-state index in [-0.39, 0.29) is 30.0 Å². The SMILES string of the molecule is CC(CC(=O)NC1CC2(CCCC2)Oc2ccccc21)C1CCNCC1.Cl. The van der Waals surface area contributed by atoms with Gasteiger partial charge in [0.1, 0.15) is 11.4 Å². The molecule has 0 radical (unpaired) electrons. The average Bonchev–Trinajstić information content (AvgIpc) is 3.09. The predicted molar refractivity (Wildman–Crippen MR) is 110 cm³/mol. The number of hydrogen-bond donors (Lipinski definition) is 2. The number of benzene rings is 1. The van der Waals surface area contributed by atoms with Gasteiger partial charge in [-0.25, -0.2) is 0 Å². The van der Waals surface area contributed by atoms with Crippen LogP contribution in [-0.2, 0) is 4.79 Å². The van der Waals surface area contributed by atoms with Gasteiger partial charge in [-0.2, -0.15) is 0 Å². The molecule has 2 heterocycles. The first-order chi connectivity index (χ1) is 12.7. The van der Waals surface area contributed by atoms with Gasteiger partial charge in [0.05, 0.1) is 6.04 Å². The molecule has 4 rings (SSSR count). The number of hydrogen-bond acceptors (Lipinski definition) is 3. The van der Waals surface area contributed by atoms with Crippen molar-refractivity contribution in [1.29, 1.82) is 0 Å². The molecule has 2 N–H and O–H groups in total. The molecule has 1 aromatic carbocycles. The summed E-state index contributed by atoms with van der Waals surface area (Å²) in [6.45, 7) is 4.42. The summed E-state index contributed by atoms with van der Waals surface area (Å²) in [6.07, 6.45) is 8.62. The van der Waals surface area contributed by atoms with Crippen molar-refractivity contribution in [3.63, 3.8) is 0 Å². The molecule has 150 valence electrons. The van der Waals surface area contributed by atoms with E-state index in [0.717, 1.165) is 43.7 Å². The normalized spacial score (nSPS) is 25.1. The van der Waals surface area contributed by atoms with Gasteiger partial charge >= 0.3 is 0 Å². The zero-order valence-corrected chi connectivity index (χ0v) is 17.2. The van der Waals surface area contributed by atoms with E-state index in [1.165, 1.54) is 25.7 Å². The van der Waals surface area contributed by atoms with E-state index in [4.69, 9.17) is 4.74 Å². The summed E-state index contributed by atoms with van der Waals surface area (Å²) in [5, 5.41) is 6.77. The van der Waals surface area contributed by atoms with E-state index in [9.17, 15) is 4.79 Å². The van der Waals surface area contributed by atoms with Gasteiger partial charge in [-0.15, -0.1) is 12.4 Å². The first kappa shape index (κ1) is 20.5. The topological polar surface area (TPSA) is 50.4 Å². The number of piperidine rings is 1. The van der Waals surface area contributed by atoms with Crippen LogP contribution in [0.25, 0.3) is 0 Å². The minimum atomic E-state index is -0.0625. The Morgan fingerprint density at radius 1 is 1.26 bits per heavy atom. The van der Waals surface area contributed by atoms with Gasteiger partial charge in [-0.1, -0.05) is 25.1 Å². The van der Waals surface area contributed by atoms with Gasteiger partial charge in [0.15, 0.2) is 0 Å². The zero-order chi connectivity index (χ0) is 18.0. The second-order valence-electron chi connectivity index (χ2n) is 8.62. The lowest BCUT2D eigenvalue weighted by atomic mass is 9.83. The summed E-state index contributed by atoms with van der Waals surface area (Å²) in [6, 6.07) is 8.34. The van der Waals surface area contributed by atoms with Crippen LogP contribution in [0.15, 0.2) is 24.3 Å². The Hall–Kier alpha value is -1.26. The monoisotopic (exact) mass is 392 g/mol. The Kier molecular flexibility index (Phi) is 6.69. The van der Waals surface area contributed by atoms with Crippen molar-refractivity contribution >= 4 is 18.3 Å². The fraction of sp³-hybridized carbons (Fsp3) is 0.682. The van der Waals surface area contributed by atoms with Crippen molar-refractivity contribution in [3.8, 4) is 5.75 Å². The maximum atomic E-state index is 12.8. The number of para-hydroxylation sites is 1. The molecule has 1 aromatic rings. The van der Waals surface area contributed by atoms with Gasteiger partial charge in [0.2, 0.25) is 5.91 Å². The van der Waals surface area contributed by atoms with Crippen molar-refractivity contribution in [3.05, 3.63) is 29.8 Å². The predicted octanol–water partition coefficient (Wildman–Crippen LogP) is 4.39. The van der Waals surface area contributed by atoms with Crippen LogP contribution in [0.5, 0.6) is 5.75 Å². The second kappa shape index (κ2) is 8.83. The number of halogens is 1. The fourth-order valence-electron chi connectivity index (χ4n) is 5.20. The molecule has 2 aliphatic heterocycles. The molecule has 27 heavy (non-hydrogen) atoms. The van der Waals surface area contributed by atoms with E-state index < -0.39 is 0 Å². The first-order valence-electron chi connectivity index (χ1n) is 10.4. The number of amides is 1. The second-order valence-corrected chi connectivity index (χ2v) is 8.62. The minimum absolute atomic E-state index is 0. The smallest absolute Gasteiger partial charge is 0.220 e. The third-order valence-electron chi connectivity index (χ3n) is 6.74. The van der Waals surface area contributed by atoms with Gasteiger partial charge in [0, 0.05) is 18.4 Å². The largest absolute Gasteiger partial charge is 0.487 e. The molecule has 2 unspecified atom stereocenters. The third-order valence-corrected chi connectivity index (χ3v) is 6.74. The number of nitrogens with one attached hydrogen (secondary N) is 2. The van der Waals surface area contributed by atoms with Crippen molar-refractivity contribution in [2.24, 2.45) is 11.8 Å². The molecule has 1 spiro atoms. The Labute approximate surface area is 169 Å². The standard InChI is InChI=1S/C22H32N2O2.ClH/c1-16(17-8-12-23-13-9-17)14-21(25)24-19-15-22(10-4-5-11-22)26-20-7-3-2-6-18(19)20;/h2-3,6-7,16-17,19,23H,4-5,8-15H2,1H3,(H,24,25);1H. The quantitative estimate of drug-likeness (QED) is 0.799. The molecule has 0 aromatic heterocycles. The number of carbonyl (C=O) groups excluding carboxylic acids is 1. The maximum Gasteiger partial charge on any atom is 0.220 e. The van der Waals surface area contributed by atoms with Crippen LogP contribution in [0.2, 0.25) is 0 Å². The number of carbonyl (C=O) groups is 1. The highest BCUT2D eigenvalue weighted by Crippen LogP contribution is 2.47. The number of rotatable bonds is 4. The van der Waals surface area contributed by atoms with Crippen LogP contribution in [0.4, 0.5) is 0 Å². The molecule has 5 heteroatoms. The Bertz CT molecular complexity index is 639. The summed E-state index contributed by atoms with van der Waals surface area (Å²) >= 11 is 0. The van der Waals surface area contributed by atoms with E-state index in [1.807, 2.05) is 12.1 Å². The van der Waals surface area contributed by atoms with Crippen molar-refractivity contribution in [1.82, 2.24) is 10.6 Å². The van der Waals surface area contributed by atoms with Crippen LogP contribution >= 0.6 is 12.4 Å². The number of ether oxygens (including phenoxy) is 1. The molecule has 3 aliphatic rings. The van der Waals surface area contributed by atoms with Crippen molar-refractivity contribution in [2.75, 3.05) is 13.1 Å². The molecule has 1 aliphatic carbocycles. The molecule has 0 bridgehead atoms. The lowest BCUT2D eigenvalue weighted by Gasteiger charge is -2.40. The van der Waals surface area contributed by atoms with Crippen molar-refractivity contribution < 1.29 is 9.53 Å². The van der Waals surface area contributed by atoms with Gasteiger partial charge in [-0.05, 0) is 69.5 Å². The summed E-state index contributed by atoms with van der Waals surface area (Å²) in [5.74, 6) is 2.29. The summed E-state index contributed by atoms with van der Waals surface area (Å²) < 4.78 is 6.41. The molecule has 1 saturated carbocycles. The summed E-state index contributed by atoms with van der Waals surface area (Å²) in [7, 11) is 0. The Morgan fingerprint density at radius 3 is 2.70 bits per heavy atom. The summed E-state index contributed by atoms with van der Waals surface area (Å²) in [4.78, 5) is 12.8. The Morgan fingerprint density at radius 2 is 1.96 bits per heavy atom. The van der Waals surface area contributed by atoms with E-state index >= 15 is 0 Å². The average molecular weight is 393 g/mol. The highest BCUT2D eigenvalue weighted by molar-refractivity contribution is 5.85. The van der Waals surface area contributed by atoms with Crippen LogP contribution in [0, 0.1) is 11.8 Å². The van der Waals surface area contributed by atoms with Crippen molar-refractivity contribution in [2.45, 2.75) is 69.9 Å². The highest BCUT2D eigenvalue weighted by Gasteiger charge is 2.43. The molecule has 2 fully saturated rings. The molecule has 1 amide bonds.